The molecule has 0 saturated heterocycles. The maximum atomic E-state index is 13.2. The Bertz CT molecular complexity index is 599. The zero-order valence-corrected chi connectivity index (χ0v) is 12.5. The third-order valence-corrected chi connectivity index (χ3v) is 3.47. The number of rotatable bonds is 4. The molecule has 0 aromatic heterocycles. The summed E-state index contributed by atoms with van der Waals surface area (Å²) in [5.41, 5.74) is 7.42. The van der Waals surface area contributed by atoms with Gasteiger partial charge < -0.3 is 10.5 Å². The highest BCUT2D eigenvalue weighted by molar-refractivity contribution is 9.10. The fourth-order valence-electron chi connectivity index (χ4n) is 2.08. The van der Waals surface area contributed by atoms with Crippen molar-refractivity contribution in [3.8, 4) is 5.75 Å². The molecule has 2 aromatic rings. The van der Waals surface area contributed by atoms with E-state index in [1.54, 1.807) is 13.2 Å². The average Bonchev–Trinajstić information content (AvgIpc) is 2.37. The van der Waals surface area contributed by atoms with Crippen LogP contribution in [-0.4, -0.2) is 7.11 Å². The Kier molecular flexibility index (Phi) is 4.73. The van der Waals surface area contributed by atoms with Gasteiger partial charge in [-0.3, -0.25) is 0 Å². The van der Waals surface area contributed by atoms with Crippen LogP contribution in [0.15, 0.2) is 40.9 Å². The van der Waals surface area contributed by atoms with Gasteiger partial charge in [0.15, 0.2) is 0 Å². The first-order chi connectivity index (χ1) is 9.49. The van der Waals surface area contributed by atoms with E-state index in [0.29, 0.717) is 17.7 Å². The smallest absolute Gasteiger partial charge is 0.126 e. The monoisotopic (exact) mass is 341 g/mol. The molecule has 2 nitrogen and oxygen atoms in total. The molecule has 0 saturated carbocycles. The minimum atomic E-state index is -0.602. The van der Waals surface area contributed by atoms with E-state index in [2.05, 4.69) is 15.9 Å². The van der Waals surface area contributed by atoms with Gasteiger partial charge in [0.05, 0.1) is 7.11 Å². The molecule has 0 bridgehead atoms. The van der Waals surface area contributed by atoms with Crippen LogP contribution in [0.4, 0.5) is 8.78 Å². The van der Waals surface area contributed by atoms with Crippen molar-refractivity contribution in [2.75, 3.05) is 7.11 Å². The summed E-state index contributed by atoms with van der Waals surface area (Å²) in [6.45, 7) is 0. The molecule has 106 valence electrons. The number of benzene rings is 2. The molecule has 0 radical (unpaired) electrons. The van der Waals surface area contributed by atoms with Gasteiger partial charge >= 0.3 is 0 Å². The van der Waals surface area contributed by atoms with Crippen LogP contribution in [-0.2, 0) is 6.42 Å². The molecule has 2 N–H and O–H groups in total. The van der Waals surface area contributed by atoms with Crippen LogP contribution < -0.4 is 10.5 Å². The Hall–Kier alpha value is -1.46. The van der Waals surface area contributed by atoms with Gasteiger partial charge in [-0.05, 0) is 36.2 Å². The molecule has 1 unspecified atom stereocenters. The molecular formula is C15H14BrF2NO. The number of hydrogen-bond acceptors (Lipinski definition) is 2. The molecule has 2 aromatic carbocycles. The molecule has 0 heterocycles. The lowest BCUT2D eigenvalue weighted by atomic mass is 9.99. The van der Waals surface area contributed by atoms with Gasteiger partial charge in [0, 0.05) is 22.1 Å². The first-order valence-corrected chi connectivity index (χ1v) is 6.83. The Morgan fingerprint density at radius 1 is 1.15 bits per heavy atom. The van der Waals surface area contributed by atoms with Gasteiger partial charge in [-0.1, -0.05) is 22.0 Å². The summed E-state index contributed by atoms with van der Waals surface area (Å²) in [5.74, 6) is -0.561. The van der Waals surface area contributed by atoms with Crippen molar-refractivity contribution in [1.29, 1.82) is 0 Å². The van der Waals surface area contributed by atoms with Crippen molar-refractivity contribution < 1.29 is 13.5 Å². The number of halogens is 3. The highest BCUT2D eigenvalue weighted by Gasteiger charge is 2.14. The van der Waals surface area contributed by atoms with Crippen LogP contribution in [0.3, 0.4) is 0 Å². The second-order valence-electron chi connectivity index (χ2n) is 4.47. The van der Waals surface area contributed by atoms with E-state index < -0.39 is 17.7 Å². The standard InChI is InChI=1S/C15H14BrF2NO/c1-20-15-7-10(16)2-3-13(15)14(19)6-9-4-11(17)8-12(18)5-9/h2-5,7-8,14H,6,19H2,1H3. The molecule has 0 spiro atoms. The molecule has 0 fully saturated rings. The maximum Gasteiger partial charge on any atom is 0.126 e. The highest BCUT2D eigenvalue weighted by atomic mass is 79.9. The third kappa shape index (κ3) is 3.55. The van der Waals surface area contributed by atoms with Crippen LogP contribution in [0.5, 0.6) is 5.75 Å². The lowest BCUT2D eigenvalue weighted by Gasteiger charge is -2.16. The van der Waals surface area contributed by atoms with E-state index in [1.165, 1.54) is 12.1 Å². The number of nitrogens with two attached hydrogens (primary N) is 1. The van der Waals surface area contributed by atoms with Crippen LogP contribution >= 0.6 is 15.9 Å². The van der Waals surface area contributed by atoms with Gasteiger partial charge in [-0.15, -0.1) is 0 Å². The van der Waals surface area contributed by atoms with Crippen molar-refractivity contribution >= 4 is 15.9 Å². The summed E-state index contributed by atoms with van der Waals surface area (Å²) in [6, 6.07) is 8.51. The van der Waals surface area contributed by atoms with Crippen molar-refractivity contribution in [3.63, 3.8) is 0 Å². The molecule has 0 aliphatic heterocycles. The quantitative estimate of drug-likeness (QED) is 0.912. The minimum absolute atomic E-state index is 0.326. The van der Waals surface area contributed by atoms with Crippen LogP contribution in [0.2, 0.25) is 0 Å². The van der Waals surface area contributed by atoms with Crippen LogP contribution in [0, 0.1) is 11.6 Å². The first-order valence-electron chi connectivity index (χ1n) is 6.03. The van der Waals surface area contributed by atoms with E-state index >= 15 is 0 Å². The largest absolute Gasteiger partial charge is 0.496 e. The first kappa shape index (κ1) is 14.9. The van der Waals surface area contributed by atoms with Gasteiger partial charge in [-0.2, -0.15) is 0 Å². The van der Waals surface area contributed by atoms with Crippen molar-refractivity contribution in [3.05, 3.63) is 63.6 Å². The molecule has 5 heteroatoms. The van der Waals surface area contributed by atoms with Crippen LogP contribution in [0.25, 0.3) is 0 Å². The number of methoxy groups -OCH3 is 1. The summed E-state index contributed by atoms with van der Waals surface area (Å²) >= 11 is 3.35. The van der Waals surface area contributed by atoms with E-state index in [1.807, 2.05) is 12.1 Å². The van der Waals surface area contributed by atoms with Crippen molar-refractivity contribution in [1.82, 2.24) is 0 Å². The van der Waals surface area contributed by atoms with Crippen molar-refractivity contribution in [2.24, 2.45) is 5.73 Å². The van der Waals surface area contributed by atoms with E-state index in [-0.39, 0.29) is 0 Å². The van der Waals surface area contributed by atoms with Crippen molar-refractivity contribution in [2.45, 2.75) is 12.5 Å². The molecular weight excluding hydrogens is 328 g/mol. The third-order valence-electron chi connectivity index (χ3n) is 2.97. The summed E-state index contributed by atoms with van der Waals surface area (Å²) < 4.78 is 32.5. The second kappa shape index (κ2) is 6.33. The molecule has 2 rings (SSSR count). The van der Waals surface area contributed by atoms with E-state index in [0.717, 1.165) is 16.1 Å². The zero-order valence-electron chi connectivity index (χ0n) is 10.9. The maximum absolute atomic E-state index is 13.2. The fourth-order valence-corrected chi connectivity index (χ4v) is 2.42. The van der Waals surface area contributed by atoms with Gasteiger partial charge in [-0.25, -0.2) is 8.78 Å². The van der Waals surface area contributed by atoms with E-state index in [9.17, 15) is 8.78 Å². The summed E-state index contributed by atoms with van der Waals surface area (Å²) in [7, 11) is 1.56. The average molecular weight is 342 g/mol. The second-order valence-corrected chi connectivity index (χ2v) is 5.39. The molecule has 0 amide bonds. The summed E-state index contributed by atoms with van der Waals surface area (Å²) in [5, 5.41) is 0. The van der Waals surface area contributed by atoms with Crippen LogP contribution in [0.1, 0.15) is 17.2 Å². The topological polar surface area (TPSA) is 35.2 Å². The lowest BCUT2D eigenvalue weighted by molar-refractivity contribution is 0.405. The Labute approximate surface area is 124 Å². The highest BCUT2D eigenvalue weighted by Crippen LogP contribution is 2.29. The summed E-state index contributed by atoms with van der Waals surface area (Å²) in [6.07, 6.45) is 0.326. The summed E-state index contributed by atoms with van der Waals surface area (Å²) in [4.78, 5) is 0. The Balaban J connectivity index is 2.25. The molecule has 0 aliphatic rings. The normalized spacial score (nSPS) is 12.2. The van der Waals surface area contributed by atoms with Gasteiger partial charge in [0.2, 0.25) is 0 Å². The van der Waals surface area contributed by atoms with Gasteiger partial charge in [0.25, 0.3) is 0 Å². The number of ether oxygens (including phenoxy) is 1. The fraction of sp³-hybridized carbons (Fsp3) is 0.200. The predicted molar refractivity (Wildman–Crippen MR) is 77.7 cm³/mol. The van der Waals surface area contributed by atoms with Gasteiger partial charge in [0.1, 0.15) is 17.4 Å². The Morgan fingerprint density at radius 3 is 2.40 bits per heavy atom. The molecule has 1 atom stereocenters. The minimum Gasteiger partial charge on any atom is -0.496 e. The predicted octanol–water partition coefficient (Wildman–Crippen LogP) is 3.98. The SMILES string of the molecule is COc1cc(Br)ccc1C(N)Cc1cc(F)cc(F)c1. The van der Waals surface area contributed by atoms with E-state index in [4.69, 9.17) is 10.5 Å². The number of hydrogen-bond donors (Lipinski definition) is 1. The Morgan fingerprint density at radius 2 is 1.80 bits per heavy atom. The molecule has 20 heavy (non-hydrogen) atoms. The molecule has 0 aliphatic carbocycles. The lowest BCUT2D eigenvalue weighted by Crippen LogP contribution is -2.14. The zero-order chi connectivity index (χ0) is 14.7.